The molecule has 0 aliphatic rings. The van der Waals surface area contributed by atoms with E-state index in [0.717, 1.165) is 5.56 Å². The van der Waals surface area contributed by atoms with Gasteiger partial charge in [-0.3, -0.25) is 0 Å². The van der Waals surface area contributed by atoms with Crippen LogP contribution >= 0.6 is 0 Å². The molecule has 0 spiro atoms. The Morgan fingerprint density at radius 2 is 1.94 bits per heavy atom. The quantitative estimate of drug-likeness (QED) is 0.402. The fraction of sp³-hybridized carbons (Fsp3) is 0.417. The summed E-state index contributed by atoms with van der Waals surface area (Å²) >= 11 is 0. The van der Waals surface area contributed by atoms with Gasteiger partial charge in [0.1, 0.15) is 6.61 Å². The summed E-state index contributed by atoms with van der Waals surface area (Å²) in [6, 6.07) is 9.65. The molecule has 0 N–H and O–H groups in total. The highest BCUT2D eigenvalue weighted by molar-refractivity contribution is 5.70. The fourth-order valence-corrected chi connectivity index (χ4v) is 1.06. The zero-order valence-electron chi connectivity index (χ0n) is 9.35. The molecule has 0 saturated carbocycles. The van der Waals surface area contributed by atoms with Crippen molar-refractivity contribution < 1.29 is 19.0 Å². The maximum Gasteiger partial charge on any atom is 0.334 e. The van der Waals surface area contributed by atoms with Gasteiger partial charge in [0.05, 0.1) is 6.61 Å². The van der Waals surface area contributed by atoms with Crippen molar-refractivity contribution in [3.8, 4) is 0 Å². The van der Waals surface area contributed by atoms with Crippen LogP contribution in [0.3, 0.4) is 0 Å². The third kappa shape index (κ3) is 5.48. The molecular weight excluding hydrogens is 208 g/mol. The molecule has 4 nitrogen and oxygen atoms in total. The first-order valence-electron chi connectivity index (χ1n) is 5.18. The monoisotopic (exact) mass is 224 g/mol. The highest BCUT2D eigenvalue weighted by Crippen LogP contribution is 2.00. The normalized spacial score (nSPS) is 10.1. The summed E-state index contributed by atoms with van der Waals surface area (Å²) in [4.78, 5) is 11.1. The highest BCUT2D eigenvalue weighted by atomic mass is 16.7. The molecular formula is C12H16O4. The number of carbonyl (C=O) groups is 1. The maximum atomic E-state index is 11.1. The predicted molar refractivity (Wildman–Crippen MR) is 58.7 cm³/mol. The minimum Gasteiger partial charge on any atom is -0.437 e. The second-order valence-corrected chi connectivity index (χ2v) is 3.11. The summed E-state index contributed by atoms with van der Waals surface area (Å²) in [6.07, 6.45) is 0. The van der Waals surface area contributed by atoms with Gasteiger partial charge in [-0.2, -0.15) is 0 Å². The van der Waals surface area contributed by atoms with Crippen LogP contribution in [0.25, 0.3) is 0 Å². The summed E-state index contributed by atoms with van der Waals surface area (Å²) in [5.74, 6) is -0.413. The largest absolute Gasteiger partial charge is 0.437 e. The topological polar surface area (TPSA) is 44.8 Å². The van der Waals surface area contributed by atoms with Gasteiger partial charge in [0.15, 0.2) is 6.79 Å². The fourth-order valence-electron chi connectivity index (χ4n) is 1.06. The molecule has 0 aromatic heterocycles. The van der Waals surface area contributed by atoms with Gasteiger partial charge in [-0.1, -0.05) is 30.3 Å². The van der Waals surface area contributed by atoms with Gasteiger partial charge in [-0.25, -0.2) is 4.79 Å². The summed E-state index contributed by atoms with van der Waals surface area (Å²) in [7, 11) is 0. The summed E-state index contributed by atoms with van der Waals surface area (Å²) in [5.41, 5.74) is 1.03. The Bertz CT molecular complexity index is 297. The van der Waals surface area contributed by atoms with Gasteiger partial charge in [0.2, 0.25) is 0 Å². The minimum absolute atomic E-state index is 0.00989. The highest BCUT2D eigenvalue weighted by Gasteiger charge is 2.02. The van der Waals surface area contributed by atoms with E-state index in [1.165, 1.54) is 0 Å². The Morgan fingerprint density at radius 1 is 1.19 bits per heavy atom. The molecule has 0 heterocycles. The van der Waals surface area contributed by atoms with Crippen molar-refractivity contribution in [1.82, 2.24) is 0 Å². The average Bonchev–Trinajstić information content (AvgIpc) is 2.31. The standard InChI is InChI=1S/C12H16O4/c1-2-14-10-16-12(13)9-15-8-11-6-4-3-5-7-11/h3-7H,2,8-10H2,1H3. The van der Waals surface area contributed by atoms with Crippen LogP contribution in [0.2, 0.25) is 0 Å². The van der Waals surface area contributed by atoms with Crippen molar-refractivity contribution in [3.63, 3.8) is 0 Å². The number of hydrogen-bond donors (Lipinski definition) is 0. The zero-order chi connectivity index (χ0) is 11.6. The maximum absolute atomic E-state index is 11.1. The lowest BCUT2D eigenvalue weighted by atomic mass is 10.2. The molecule has 4 heteroatoms. The first-order chi connectivity index (χ1) is 7.83. The molecule has 0 atom stereocenters. The smallest absolute Gasteiger partial charge is 0.334 e. The lowest BCUT2D eigenvalue weighted by Gasteiger charge is -2.05. The molecule has 1 aromatic carbocycles. The van der Waals surface area contributed by atoms with Crippen LogP contribution in [0.4, 0.5) is 0 Å². The van der Waals surface area contributed by atoms with Crippen molar-refractivity contribution in [2.45, 2.75) is 13.5 Å². The number of esters is 1. The zero-order valence-corrected chi connectivity index (χ0v) is 9.35. The summed E-state index contributed by atoms with van der Waals surface area (Å²) < 4.78 is 14.8. The van der Waals surface area contributed by atoms with E-state index in [0.29, 0.717) is 13.2 Å². The van der Waals surface area contributed by atoms with Crippen LogP contribution in [-0.2, 0) is 25.6 Å². The Labute approximate surface area is 95.1 Å². The van der Waals surface area contributed by atoms with Crippen molar-refractivity contribution in [2.24, 2.45) is 0 Å². The van der Waals surface area contributed by atoms with Crippen molar-refractivity contribution in [1.29, 1.82) is 0 Å². The van der Waals surface area contributed by atoms with Gasteiger partial charge in [0, 0.05) is 6.61 Å². The van der Waals surface area contributed by atoms with Crippen LogP contribution in [0.1, 0.15) is 12.5 Å². The van der Waals surface area contributed by atoms with Crippen molar-refractivity contribution >= 4 is 5.97 Å². The van der Waals surface area contributed by atoms with Crippen molar-refractivity contribution in [2.75, 3.05) is 20.0 Å². The first kappa shape index (κ1) is 12.7. The van der Waals surface area contributed by atoms with Crippen LogP contribution < -0.4 is 0 Å². The Hall–Kier alpha value is -1.39. The molecule has 0 aliphatic carbocycles. The van der Waals surface area contributed by atoms with E-state index >= 15 is 0 Å². The van der Waals surface area contributed by atoms with E-state index in [1.54, 1.807) is 0 Å². The van der Waals surface area contributed by atoms with Crippen LogP contribution in [0, 0.1) is 0 Å². The van der Waals surface area contributed by atoms with E-state index in [1.807, 2.05) is 37.3 Å². The number of rotatable bonds is 7. The van der Waals surface area contributed by atoms with Crippen LogP contribution in [0.15, 0.2) is 30.3 Å². The molecule has 0 aliphatic heterocycles. The molecule has 0 radical (unpaired) electrons. The van der Waals surface area contributed by atoms with E-state index in [2.05, 4.69) is 0 Å². The van der Waals surface area contributed by atoms with Gasteiger partial charge in [0.25, 0.3) is 0 Å². The second kappa shape index (κ2) is 7.84. The van der Waals surface area contributed by atoms with Crippen LogP contribution in [0.5, 0.6) is 0 Å². The van der Waals surface area contributed by atoms with E-state index in [9.17, 15) is 4.79 Å². The lowest BCUT2D eigenvalue weighted by molar-refractivity contribution is -0.161. The van der Waals surface area contributed by atoms with E-state index in [4.69, 9.17) is 14.2 Å². The van der Waals surface area contributed by atoms with Crippen LogP contribution in [-0.4, -0.2) is 26.0 Å². The third-order valence-electron chi connectivity index (χ3n) is 1.84. The number of ether oxygens (including phenoxy) is 3. The summed E-state index contributed by atoms with van der Waals surface area (Å²) in [6.45, 7) is 2.70. The molecule has 88 valence electrons. The van der Waals surface area contributed by atoms with Gasteiger partial charge in [-0.05, 0) is 12.5 Å². The lowest BCUT2D eigenvalue weighted by Crippen LogP contribution is -2.14. The summed E-state index contributed by atoms with van der Waals surface area (Å²) in [5, 5.41) is 0. The SMILES string of the molecule is CCOCOC(=O)COCc1ccccc1. The molecule has 1 aromatic rings. The first-order valence-corrected chi connectivity index (χ1v) is 5.18. The van der Waals surface area contributed by atoms with Crippen molar-refractivity contribution in [3.05, 3.63) is 35.9 Å². The van der Waals surface area contributed by atoms with E-state index < -0.39 is 5.97 Å². The molecule has 0 unspecified atom stereocenters. The minimum atomic E-state index is -0.413. The van der Waals surface area contributed by atoms with Gasteiger partial charge < -0.3 is 14.2 Å². The van der Waals surface area contributed by atoms with Gasteiger partial charge in [-0.15, -0.1) is 0 Å². The molecule has 0 amide bonds. The third-order valence-corrected chi connectivity index (χ3v) is 1.84. The molecule has 16 heavy (non-hydrogen) atoms. The second-order valence-electron chi connectivity index (χ2n) is 3.11. The number of benzene rings is 1. The number of hydrogen-bond acceptors (Lipinski definition) is 4. The Morgan fingerprint density at radius 3 is 2.62 bits per heavy atom. The molecule has 0 bridgehead atoms. The van der Waals surface area contributed by atoms with Gasteiger partial charge >= 0.3 is 5.97 Å². The molecule has 1 rings (SSSR count). The van der Waals surface area contributed by atoms with E-state index in [-0.39, 0.29) is 13.4 Å². The molecule has 0 fully saturated rings. The Balaban J connectivity index is 2.09. The number of carbonyl (C=O) groups excluding carboxylic acids is 1. The predicted octanol–water partition coefficient (Wildman–Crippen LogP) is 1.74. The Kier molecular flexibility index (Phi) is 6.22. The molecule has 0 saturated heterocycles. The average molecular weight is 224 g/mol.